The molecular weight excluding hydrogens is 206 g/mol. The van der Waals surface area contributed by atoms with Crippen LogP contribution in [0, 0.1) is 0 Å². The number of nitrogens with one attached hydrogen (secondary N) is 1. The largest absolute Gasteiger partial charge is 0.351 e. The molecule has 0 spiro atoms. The fourth-order valence-corrected chi connectivity index (χ4v) is 1.79. The van der Waals surface area contributed by atoms with Crippen LogP contribution >= 0.6 is 0 Å². The van der Waals surface area contributed by atoms with Gasteiger partial charge in [0.25, 0.3) is 10.1 Å². The molecule has 0 saturated carbocycles. The van der Waals surface area contributed by atoms with E-state index >= 15 is 0 Å². The summed E-state index contributed by atoms with van der Waals surface area (Å²) in [6, 6.07) is -0.167. The van der Waals surface area contributed by atoms with Gasteiger partial charge < -0.3 is 5.32 Å². The van der Waals surface area contributed by atoms with Crippen LogP contribution in [0.15, 0.2) is 0 Å². The molecule has 1 aliphatic rings. The van der Waals surface area contributed by atoms with Crippen LogP contribution in [0.1, 0.15) is 25.7 Å². The zero-order valence-electron chi connectivity index (χ0n) is 8.15. The molecule has 6 heteroatoms. The van der Waals surface area contributed by atoms with Gasteiger partial charge in [-0.3, -0.25) is 8.98 Å². The summed E-state index contributed by atoms with van der Waals surface area (Å²) in [5.41, 5.74) is 0. The summed E-state index contributed by atoms with van der Waals surface area (Å²) in [5.74, 6) is -0.0235. The maximum Gasteiger partial charge on any atom is 0.264 e. The van der Waals surface area contributed by atoms with Gasteiger partial charge >= 0.3 is 0 Å². The van der Waals surface area contributed by atoms with Gasteiger partial charge in [-0.15, -0.1) is 0 Å². The van der Waals surface area contributed by atoms with E-state index in [0.717, 1.165) is 25.5 Å². The van der Waals surface area contributed by atoms with Gasteiger partial charge in [-0.1, -0.05) is 6.42 Å². The molecule has 1 amide bonds. The van der Waals surface area contributed by atoms with Gasteiger partial charge in [-0.2, -0.15) is 8.42 Å². The van der Waals surface area contributed by atoms with E-state index in [1.54, 1.807) is 0 Å². The Morgan fingerprint density at radius 3 is 2.86 bits per heavy atom. The van der Waals surface area contributed by atoms with Crippen molar-refractivity contribution in [2.45, 2.75) is 31.7 Å². The monoisotopic (exact) mass is 221 g/mol. The normalized spacial score (nSPS) is 24.1. The Kier molecular flexibility index (Phi) is 3.88. The van der Waals surface area contributed by atoms with Crippen LogP contribution in [0.25, 0.3) is 0 Å². The van der Waals surface area contributed by atoms with E-state index < -0.39 is 10.1 Å². The van der Waals surface area contributed by atoms with Crippen LogP contribution in [-0.4, -0.2) is 33.2 Å². The van der Waals surface area contributed by atoms with Crippen molar-refractivity contribution in [3.63, 3.8) is 0 Å². The third kappa shape index (κ3) is 4.57. The number of carbonyl (C=O) groups excluding carboxylic acids is 1. The van der Waals surface area contributed by atoms with Crippen molar-refractivity contribution in [3.05, 3.63) is 0 Å². The maximum atomic E-state index is 11.1. The Balaban J connectivity index is 2.39. The molecule has 0 radical (unpaired) electrons. The molecule has 1 fully saturated rings. The van der Waals surface area contributed by atoms with Crippen LogP contribution in [-0.2, 0) is 19.1 Å². The lowest BCUT2D eigenvalue weighted by Crippen LogP contribution is -2.36. The van der Waals surface area contributed by atoms with Crippen molar-refractivity contribution >= 4 is 16.0 Å². The zero-order valence-corrected chi connectivity index (χ0v) is 8.97. The molecular formula is C8H15NO4S. The third-order valence-corrected chi connectivity index (χ3v) is 2.62. The molecule has 14 heavy (non-hydrogen) atoms. The van der Waals surface area contributed by atoms with Crippen molar-refractivity contribution in [1.82, 2.24) is 5.32 Å². The Labute approximate surface area is 83.9 Å². The van der Waals surface area contributed by atoms with Gasteiger partial charge in [0.1, 0.15) is 0 Å². The standard InChI is InChI=1S/C8H15NO4S/c1-14(11,12)13-6-7-4-2-3-5-8(10)9-7/h7H,2-6H2,1H3,(H,9,10). The average Bonchev–Trinajstić information content (AvgIpc) is 2.25. The first kappa shape index (κ1) is 11.5. The van der Waals surface area contributed by atoms with Gasteiger partial charge in [-0.05, 0) is 12.8 Å². The van der Waals surface area contributed by atoms with Crippen molar-refractivity contribution in [3.8, 4) is 0 Å². The van der Waals surface area contributed by atoms with E-state index in [2.05, 4.69) is 9.50 Å². The van der Waals surface area contributed by atoms with E-state index in [-0.39, 0.29) is 18.6 Å². The van der Waals surface area contributed by atoms with Crippen molar-refractivity contribution < 1.29 is 17.4 Å². The van der Waals surface area contributed by atoms with E-state index in [1.165, 1.54) is 0 Å². The summed E-state index contributed by atoms with van der Waals surface area (Å²) in [4.78, 5) is 11.1. The van der Waals surface area contributed by atoms with Crippen molar-refractivity contribution in [2.24, 2.45) is 0 Å². The SMILES string of the molecule is CS(=O)(=O)OCC1CCCCC(=O)N1. The maximum absolute atomic E-state index is 11.1. The lowest BCUT2D eigenvalue weighted by atomic mass is 10.1. The Hall–Kier alpha value is -0.620. The minimum Gasteiger partial charge on any atom is -0.351 e. The molecule has 0 aliphatic carbocycles. The number of hydrogen-bond donors (Lipinski definition) is 1. The fourth-order valence-electron chi connectivity index (χ4n) is 1.38. The van der Waals surface area contributed by atoms with Crippen LogP contribution in [0.2, 0.25) is 0 Å². The molecule has 1 rings (SSSR count). The fraction of sp³-hybridized carbons (Fsp3) is 0.875. The molecule has 0 bridgehead atoms. The summed E-state index contributed by atoms with van der Waals surface area (Å²) >= 11 is 0. The predicted molar refractivity (Wildman–Crippen MR) is 51.2 cm³/mol. The van der Waals surface area contributed by atoms with E-state index in [0.29, 0.717) is 6.42 Å². The first-order chi connectivity index (χ1) is 6.47. The van der Waals surface area contributed by atoms with Gasteiger partial charge in [0.15, 0.2) is 0 Å². The molecule has 1 atom stereocenters. The second-order valence-electron chi connectivity index (χ2n) is 3.50. The highest BCUT2D eigenvalue weighted by Gasteiger charge is 2.17. The minimum absolute atomic E-state index is 0.0235. The minimum atomic E-state index is -3.40. The molecule has 0 aromatic heterocycles. The molecule has 82 valence electrons. The molecule has 0 aromatic rings. The summed E-state index contributed by atoms with van der Waals surface area (Å²) < 4.78 is 26.0. The highest BCUT2D eigenvalue weighted by molar-refractivity contribution is 7.85. The molecule has 5 nitrogen and oxygen atoms in total. The number of amides is 1. The average molecular weight is 221 g/mol. The smallest absolute Gasteiger partial charge is 0.264 e. The van der Waals surface area contributed by atoms with Crippen molar-refractivity contribution in [2.75, 3.05) is 12.9 Å². The van der Waals surface area contributed by atoms with Crippen LogP contribution < -0.4 is 5.32 Å². The van der Waals surface area contributed by atoms with Gasteiger partial charge in [0.05, 0.1) is 18.9 Å². The first-order valence-electron chi connectivity index (χ1n) is 4.61. The quantitative estimate of drug-likeness (QED) is 0.682. The van der Waals surface area contributed by atoms with Gasteiger partial charge in [0.2, 0.25) is 5.91 Å². The summed E-state index contributed by atoms with van der Waals surface area (Å²) in [5, 5.41) is 2.72. The molecule has 1 N–H and O–H groups in total. The summed E-state index contributed by atoms with van der Waals surface area (Å²) in [6.45, 7) is 0.0462. The number of rotatable bonds is 3. The molecule has 1 aliphatic heterocycles. The van der Waals surface area contributed by atoms with E-state index in [1.807, 2.05) is 0 Å². The molecule has 1 heterocycles. The van der Waals surface area contributed by atoms with E-state index in [4.69, 9.17) is 0 Å². The lowest BCUT2D eigenvalue weighted by Gasteiger charge is -2.14. The topological polar surface area (TPSA) is 72.5 Å². The van der Waals surface area contributed by atoms with Crippen LogP contribution in [0.5, 0.6) is 0 Å². The van der Waals surface area contributed by atoms with Crippen LogP contribution in [0.4, 0.5) is 0 Å². The molecule has 1 saturated heterocycles. The van der Waals surface area contributed by atoms with Crippen molar-refractivity contribution in [1.29, 1.82) is 0 Å². The van der Waals surface area contributed by atoms with Gasteiger partial charge in [-0.25, -0.2) is 0 Å². The predicted octanol–water partition coefficient (Wildman–Crippen LogP) is 0.0214. The molecule has 1 unspecified atom stereocenters. The summed E-state index contributed by atoms with van der Waals surface area (Å²) in [7, 11) is -3.40. The number of hydrogen-bond acceptors (Lipinski definition) is 4. The lowest BCUT2D eigenvalue weighted by molar-refractivity contribution is -0.121. The second kappa shape index (κ2) is 4.75. The van der Waals surface area contributed by atoms with E-state index in [9.17, 15) is 13.2 Å². The zero-order chi connectivity index (χ0) is 10.6. The third-order valence-electron chi connectivity index (χ3n) is 2.05. The second-order valence-corrected chi connectivity index (χ2v) is 5.14. The highest BCUT2D eigenvalue weighted by atomic mass is 32.2. The van der Waals surface area contributed by atoms with Gasteiger partial charge in [0, 0.05) is 6.42 Å². The first-order valence-corrected chi connectivity index (χ1v) is 6.43. The Morgan fingerprint density at radius 2 is 2.21 bits per heavy atom. The highest BCUT2D eigenvalue weighted by Crippen LogP contribution is 2.09. The molecule has 0 aromatic carbocycles. The Bertz CT molecular complexity index is 298. The number of carbonyl (C=O) groups is 1. The Morgan fingerprint density at radius 1 is 1.50 bits per heavy atom. The summed E-state index contributed by atoms with van der Waals surface area (Å²) in [6.07, 6.45) is 4.10. The van der Waals surface area contributed by atoms with Crippen LogP contribution in [0.3, 0.4) is 0 Å².